The molecular formula is C32H50FNO. The van der Waals surface area contributed by atoms with Crippen molar-refractivity contribution in [3.8, 4) is 0 Å². The van der Waals surface area contributed by atoms with Crippen LogP contribution in [0.1, 0.15) is 133 Å². The third-order valence-electron chi connectivity index (χ3n) is 9.84. The Morgan fingerprint density at radius 2 is 1.54 bits per heavy atom. The predicted octanol–water partition coefficient (Wildman–Crippen LogP) is 8.61. The first-order chi connectivity index (χ1) is 17.1. The van der Waals surface area contributed by atoms with Crippen LogP contribution in [-0.4, -0.2) is 17.4 Å². The topological polar surface area (TPSA) is 32.3 Å². The van der Waals surface area contributed by atoms with E-state index in [0.29, 0.717) is 17.9 Å². The zero-order valence-corrected chi connectivity index (χ0v) is 22.2. The van der Waals surface area contributed by atoms with Gasteiger partial charge in [0.2, 0.25) is 0 Å². The largest absolute Gasteiger partial charge is 0.375 e. The standard InChI is InChI=1S/C32H50FNO/c1-3-5-6-7-23-8-10-24(11-9-23)25-12-14-26(15-13-25)28-18-21-30(31(33)22-28)27-16-19-29(20-17-27)34-32(35)4-2/h4,18,21-27,29,32,34-35H,2-3,5-17,19-20H2,1H3. The van der Waals surface area contributed by atoms with Crippen molar-refractivity contribution >= 4 is 0 Å². The van der Waals surface area contributed by atoms with E-state index in [0.717, 1.165) is 49.0 Å². The normalized spacial score (nSPS) is 32.8. The summed E-state index contributed by atoms with van der Waals surface area (Å²) in [6.07, 6.45) is 21.4. The summed E-state index contributed by atoms with van der Waals surface area (Å²) in [6, 6.07) is 6.49. The minimum Gasteiger partial charge on any atom is -0.375 e. The highest BCUT2D eigenvalue weighted by molar-refractivity contribution is 5.30. The van der Waals surface area contributed by atoms with Gasteiger partial charge in [-0.2, -0.15) is 0 Å². The fourth-order valence-corrected chi connectivity index (χ4v) is 7.56. The van der Waals surface area contributed by atoms with Crippen LogP contribution in [-0.2, 0) is 0 Å². The molecule has 35 heavy (non-hydrogen) atoms. The lowest BCUT2D eigenvalue weighted by atomic mass is 9.68. The number of aliphatic hydroxyl groups is 1. The summed E-state index contributed by atoms with van der Waals surface area (Å²) in [7, 11) is 0. The molecule has 1 unspecified atom stereocenters. The Morgan fingerprint density at radius 3 is 2.14 bits per heavy atom. The van der Waals surface area contributed by atoms with Crippen LogP contribution in [0.3, 0.4) is 0 Å². The summed E-state index contributed by atoms with van der Waals surface area (Å²) >= 11 is 0. The van der Waals surface area contributed by atoms with E-state index in [2.05, 4.69) is 31.0 Å². The number of unbranched alkanes of at least 4 members (excludes halogenated alkanes) is 2. The number of nitrogens with one attached hydrogen (secondary N) is 1. The molecule has 1 atom stereocenters. The Hall–Kier alpha value is -1.19. The molecule has 0 amide bonds. The van der Waals surface area contributed by atoms with Gasteiger partial charge in [0.05, 0.1) is 0 Å². The maximum Gasteiger partial charge on any atom is 0.126 e. The maximum absolute atomic E-state index is 15.2. The van der Waals surface area contributed by atoms with Crippen LogP contribution in [0.5, 0.6) is 0 Å². The fraction of sp³-hybridized carbons (Fsp3) is 0.750. The second-order valence-electron chi connectivity index (χ2n) is 12.1. The van der Waals surface area contributed by atoms with Gasteiger partial charge in [-0.3, -0.25) is 5.32 Å². The van der Waals surface area contributed by atoms with Crippen molar-refractivity contribution in [3.63, 3.8) is 0 Å². The lowest BCUT2D eigenvalue weighted by molar-refractivity contribution is 0.153. The highest BCUT2D eigenvalue weighted by Gasteiger charge is 2.32. The Labute approximate surface area is 214 Å². The number of benzene rings is 1. The van der Waals surface area contributed by atoms with Crippen molar-refractivity contribution in [2.75, 3.05) is 0 Å². The van der Waals surface area contributed by atoms with Gasteiger partial charge in [-0.25, -0.2) is 4.39 Å². The van der Waals surface area contributed by atoms with Crippen LogP contribution in [0.2, 0.25) is 0 Å². The molecule has 2 N–H and O–H groups in total. The fourth-order valence-electron chi connectivity index (χ4n) is 7.56. The molecular weight excluding hydrogens is 433 g/mol. The molecule has 0 spiro atoms. The van der Waals surface area contributed by atoms with Gasteiger partial charge >= 0.3 is 0 Å². The molecule has 1 aromatic carbocycles. The van der Waals surface area contributed by atoms with Crippen molar-refractivity contribution in [2.45, 2.75) is 134 Å². The minimum atomic E-state index is -0.645. The van der Waals surface area contributed by atoms with Crippen molar-refractivity contribution < 1.29 is 9.50 Å². The molecule has 0 radical (unpaired) electrons. The van der Waals surface area contributed by atoms with Gasteiger partial charge in [-0.15, -0.1) is 0 Å². The van der Waals surface area contributed by atoms with E-state index in [1.165, 1.54) is 88.7 Å². The van der Waals surface area contributed by atoms with Crippen LogP contribution in [0.15, 0.2) is 30.9 Å². The molecule has 0 aliphatic heterocycles. The smallest absolute Gasteiger partial charge is 0.126 e. The van der Waals surface area contributed by atoms with Crippen LogP contribution in [0.4, 0.5) is 4.39 Å². The number of hydrogen-bond donors (Lipinski definition) is 2. The quantitative estimate of drug-likeness (QED) is 0.198. The molecule has 3 aliphatic rings. The first-order valence-electron chi connectivity index (χ1n) is 14.9. The van der Waals surface area contributed by atoms with Crippen LogP contribution >= 0.6 is 0 Å². The third-order valence-corrected chi connectivity index (χ3v) is 9.84. The van der Waals surface area contributed by atoms with E-state index >= 15 is 4.39 Å². The second-order valence-corrected chi connectivity index (χ2v) is 12.1. The van der Waals surface area contributed by atoms with Gasteiger partial charge in [-0.05, 0) is 117 Å². The molecule has 3 heteroatoms. The van der Waals surface area contributed by atoms with Gasteiger partial charge in [0.15, 0.2) is 0 Å². The summed E-state index contributed by atoms with van der Waals surface area (Å²) in [6.45, 7) is 5.93. The average molecular weight is 484 g/mol. The maximum atomic E-state index is 15.2. The molecule has 3 fully saturated rings. The van der Waals surface area contributed by atoms with Crippen molar-refractivity contribution in [1.29, 1.82) is 0 Å². The first kappa shape index (κ1) is 26.9. The molecule has 0 heterocycles. The first-order valence-corrected chi connectivity index (χ1v) is 14.9. The minimum absolute atomic E-state index is 0.00792. The van der Waals surface area contributed by atoms with E-state index in [9.17, 15) is 5.11 Å². The van der Waals surface area contributed by atoms with Crippen molar-refractivity contribution in [1.82, 2.24) is 5.32 Å². The number of aliphatic hydroxyl groups excluding tert-OH is 1. The molecule has 0 saturated heterocycles. The molecule has 0 bridgehead atoms. The lowest BCUT2D eigenvalue weighted by Gasteiger charge is -2.38. The number of hydrogen-bond acceptors (Lipinski definition) is 2. The number of halogens is 1. The predicted molar refractivity (Wildman–Crippen MR) is 145 cm³/mol. The molecule has 0 aromatic heterocycles. The molecule has 1 aromatic rings. The summed E-state index contributed by atoms with van der Waals surface area (Å²) in [5.41, 5.74) is 2.13. The summed E-state index contributed by atoms with van der Waals surface area (Å²) in [5.74, 6) is 3.72. The molecule has 196 valence electrons. The van der Waals surface area contributed by atoms with Crippen molar-refractivity contribution in [2.24, 2.45) is 17.8 Å². The Morgan fingerprint density at radius 1 is 0.914 bits per heavy atom. The van der Waals surface area contributed by atoms with Crippen LogP contribution in [0.25, 0.3) is 0 Å². The Kier molecular flexibility index (Phi) is 10.3. The summed E-state index contributed by atoms with van der Waals surface area (Å²) in [5, 5.41) is 12.9. The molecule has 3 saturated carbocycles. The molecule has 4 rings (SSSR count). The van der Waals surface area contributed by atoms with E-state index < -0.39 is 6.23 Å². The third kappa shape index (κ3) is 7.41. The van der Waals surface area contributed by atoms with E-state index in [4.69, 9.17) is 0 Å². The molecule has 2 nitrogen and oxygen atoms in total. The van der Waals surface area contributed by atoms with E-state index in [1.54, 1.807) is 0 Å². The average Bonchev–Trinajstić information content (AvgIpc) is 2.90. The van der Waals surface area contributed by atoms with Crippen LogP contribution in [0, 0.1) is 23.6 Å². The van der Waals surface area contributed by atoms with Gasteiger partial charge in [-0.1, -0.05) is 64.2 Å². The van der Waals surface area contributed by atoms with Gasteiger partial charge in [0, 0.05) is 6.04 Å². The summed E-state index contributed by atoms with van der Waals surface area (Å²) < 4.78 is 15.2. The second kappa shape index (κ2) is 13.4. The zero-order chi connectivity index (χ0) is 24.6. The van der Waals surface area contributed by atoms with Crippen molar-refractivity contribution in [3.05, 3.63) is 47.8 Å². The van der Waals surface area contributed by atoms with E-state index in [1.807, 2.05) is 6.07 Å². The summed E-state index contributed by atoms with van der Waals surface area (Å²) in [4.78, 5) is 0. The molecule has 3 aliphatic carbocycles. The van der Waals surface area contributed by atoms with E-state index in [-0.39, 0.29) is 5.82 Å². The highest BCUT2D eigenvalue weighted by atomic mass is 19.1. The monoisotopic (exact) mass is 483 g/mol. The highest BCUT2D eigenvalue weighted by Crippen LogP contribution is 2.45. The van der Waals surface area contributed by atoms with Gasteiger partial charge in [0.25, 0.3) is 0 Å². The van der Waals surface area contributed by atoms with Gasteiger partial charge in [0.1, 0.15) is 12.0 Å². The Bertz CT molecular complexity index is 770. The van der Waals surface area contributed by atoms with Crippen LogP contribution < -0.4 is 5.32 Å². The lowest BCUT2D eigenvalue weighted by Crippen LogP contribution is -2.39. The van der Waals surface area contributed by atoms with Gasteiger partial charge < -0.3 is 5.11 Å². The number of rotatable bonds is 10. The SMILES string of the molecule is C=CC(O)NC1CCC(c2ccc(C3CCC(C4CCC(CCCCC)CC4)CC3)cc2F)CC1. The Balaban J connectivity index is 1.22. The zero-order valence-electron chi connectivity index (χ0n) is 22.2.